The molecule has 1 heterocycles. The third-order valence-electron chi connectivity index (χ3n) is 0.462. The summed E-state index contributed by atoms with van der Waals surface area (Å²) in [6.07, 6.45) is 1.14. The molecule has 0 N–H and O–H groups in total. The number of hydrogen-bond donors (Lipinski definition) is 0. The zero-order chi connectivity index (χ0) is 5.28. The molecular formula is C2H2ClFN2S. The van der Waals surface area contributed by atoms with Crippen molar-refractivity contribution in [2.75, 3.05) is 0 Å². The Balaban J connectivity index is 2.42. The van der Waals surface area contributed by atoms with Crippen molar-refractivity contribution in [2.45, 2.75) is 5.50 Å². The summed E-state index contributed by atoms with van der Waals surface area (Å²) >= 11 is 6.00. The Bertz CT molecular complexity index is 87.7. The molecule has 0 aromatic carbocycles. The molecule has 0 aromatic rings. The van der Waals surface area contributed by atoms with Gasteiger partial charge in [0.1, 0.15) is 0 Å². The largest absolute Gasteiger partial charge is 0.227 e. The molecule has 1 atom stereocenters. The van der Waals surface area contributed by atoms with Crippen LogP contribution < -0.4 is 0 Å². The molecule has 0 aliphatic carbocycles. The maximum Gasteiger partial charge on any atom is 0.204 e. The smallest absolute Gasteiger partial charge is 0.204 e. The van der Waals surface area contributed by atoms with Crippen molar-refractivity contribution in [3.63, 3.8) is 0 Å². The van der Waals surface area contributed by atoms with E-state index < -0.39 is 5.50 Å². The molecule has 2 nitrogen and oxygen atoms in total. The average molecular weight is 141 g/mol. The van der Waals surface area contributed by atoms with Gasteiger partial charge in [0, 0.05) is 23.7 Å². The average Bonchev–Trinajstić information content (AvgIpc) is 1.87. The first kappa shape index (κ1) is 5.18. The minimum absolute atomic E-state index is 0.830. The maximum absolute atomic E-state index is 11.9. The molecule has 1 unspecified atom stereocenters. The van der Waals surface area contributed by atoms with Gasteiger partial charge in [-0.1, -0.05) is 0 Å². The van der Waals surface area contributed by atoms with Crippen LogP contribution in [0.2, 0.25) is 0 Å². The Morgan fingerprint density at radius 3 is 2.86 bits per heavy atom. The minimum atomic E-state index is -1.06. The Labute approximate surface area is 49.6 Å². The summed E-state index contributed by atoms with van der Waals surface area (Å²) in [5, 5.41) is 3.38. The lowest BCUT2D eigenvalue weighted by molar-refractivity contribution is 0.551. The highest BCUT2D eigenvalue weighted by molar-refractivity contribution is 7.99. The topological polar surface area (TPSA) is 15.6 Å². The summed E-state index contributed by atoms with van der Waals surface area (Å²) in [4.78, 5) is 0. The van der Waals surface area contributed by atoms with Crippen LogP contribution in [0.4, 0.5) is 4.39 Å². The van der Waals surface area contributed by atoms with E-state index in [1.165, 1.54) is 0 Å². The fourth-order valence-corrected chi connectivity index (χ4v) is 0.905. The van der Waals surface area contributed by atoms with Crippen molar-refractivity contribution in [3.8, 4) is 0 Å². The number of hydrazone groups is 1. The van der Waals surface area contributed by atoms with Gasteiger partial charge in [0.25, 0.3) is 0 Å². The van der Waals surface area contributed by atoms with Gasteiger partial charge in [0.15, 0.2) is 0 Å². The first-order chi connectivity index (χ1) is 3.29. The van der Waals surface area contributed by atoms with E-state index in [4.69, 9.17) is 11.8 Å². The standard InChI is InChI=1S/C2H2ClFN2S/c3-6-5-1-2(4)7-6/h1-2H. The second-order valence-electron chi connectivity index (χ2n) is 0.947. The van der Waals surface area contributed by atoms with Gasteiger partial charge in [-0.3, -0.25) is 0 Å². The SMILES string of the molecule is FC1C=NN(Cl)S1. The third-order valence-corrected chi connectivity index (χ3v) is 1.38. The molecule has 0 aromatic heterocycles. The van der Waals surface area contributed by atoms with E-state index in [1.54, 1.807) is 0 Å². The summed E-state index contributed by atoms with van der Waals surface area (Å²) in [5.74, 6) is 0. The zero-order valence-corrected chi connectivity index (χ0v) is 4.79. The quantitative estimate of drug-likeness (QED) is 0.373. The monoisotopic (exact) mass is 140 g/mol. The van der Waals surface area contributed by atoms with Gasteiger partial charge in [0.05, 0.1) is 6.21 Å². The normalized spacial score (nSPS) is 29.4. The number of alkyl halides is 1. The lowest BCUT2D eigenvalue weighted by Gasteiger charge is -1.95. The Morgan fingerprint density at radius 2 is 2.71 bits per heavy atom. The van der Waals surface area contributed by atoms with Crippen LogP contribution in [0.1, 0.15) is 0 Å². The number of halogens is 2. The minimum Gasteiger partial charge on any atom is -0.227 e. The van der Waals surface area contributed by atoms with Gasteiger partial charge in [-0.25, -0.2) is 4.39 Å². The summed E-state index contributed by atoms with van der Waals surface area (Å²) in [6, 6.07) is 0. The Hall–Kier alpha value is 0.0400. The number of nitrogens with zero attached hydrogens (tertiary/aromatic N) is 2. The van der Waals surface area contributed by atoms with E-state index in [9.17, 15) is 4.39 Å². The highest BCUT2D eigenvalue weighted by atomic mass is 35.5. The van der Waals surface area contributed by atoms with Gasteiger partial charge < -0.3 is 0 Å². The van der Waals surface area contributed by atoms with Crippen LogP contribution in [0, 0.1) is 0 Å². The molecule has 5 heteroatoms. The first-order valence-electron chi connectivity index (χ1n) is 1.60. The van der Waals surface area contributed by atoms with Crippen LogP contribution in [0.5, 0.6) is 0 Å². The van der Waals surface area contributed by atoms with E-state index in [1.807, 2.05) is 0 Å². The molecule has 0 amide bonds. The molecule has 1 aliphatic heterocycles. The van der Waals surface area contributed by atoms with Crippen molar-refractivity contribution in [1.29, 1.82) is 0 Å². The third kappa shape index (κ3) is 1.21. The summed E-state index contributed by atoms with van der Waals surface area (Å²) in [7, 11) is 0. The van der Waals surface area contributed by atoms with E-state index in [-0.39, 0.29) is 0 Å². The zero-order valence-electron chi connectivity index (χ0n) is 3.21. The van der Waals surface area contributed by atoms with Gasteiger partial charge in [-0.2, -0.15) is 5.10 Å². The molecule has 0 fully saturated rings. The van der Waals surface area contributed by atoms with Crippen molar-refractivity contribution in [2.24, 2.45) is 5.10 Å². The van der Waals surface area contributed by atoms with Gasteiger partial charge in [-0.15, -0.1) is 3.93 Å². The van der Waals surface area contributed by atoms with Crippen LogP contribution in [-0.4, -0.2) is 15.7 Å². The molecule has 7 heavy (non-hydrogen) atoms. The molecular weight excluding hydrogens is 139 g/mol. The van der Waals surface area contributed by atoms with E-state index in [0.717, 1.165) is 22.1 Å². The lowest BCUT2D eigenvalue weighted by Crippen LogP contribution is -1.88. The van der Waals surface area contributed by atoms with Gasteiger partial charge in [-0.05, 0) is 0 Å². The van der Waals surface area contributed by atoms with Crippen LogP contribution in [0.3, 0.4) is 0 Å². The summed E-state index contributed by atoms with van der Waals surface area (Å²) < 4.78 is 12.8. The number of hydrogen-bond acceptors (Lipinski definition) is 3. The van der Waals surface area contributed by atoms with Crippen LogP contribution in [0.25, 0.3) is 0 Å². The van der Waals surface area contributed by atoms with E-state index in [0.29, 0.717) is 0 Å². The molecule has 0 spiro atoms. The van der Waals surface area contributed by atoms with Crippen LogP contribution in [0.15, 0.2) is 5.10 Å². The van der Waals surface area contributed by atoms with Crippen molar-refractivity contribution in [3.05, 3.63) is 0 Å². The second kappa shape index (κ2) is 1.88. The van der Waals surface area contributed by atoms with Crippen LogP contribution >= 0.6 is 23.7 Å². The summed E-state index contributed by atoms with van der Waals surface area (Å²) in [6.45, 7) is 0. The highest BCUT2D eigenvalue weighted by Gasteiger charge is 2.14. The summed E-state index contributed by atoms with van der Waals surface area (Å²) in [5.41, 5.74) is -1.06. The fourth-order valence-electron chi connectivity index (χ4n) is 0.242. The van der Waals surface area contributed by atoms with Gasteiger partial charge in [0.2, 0.25) is 5.50 Å². The van der Waals surface area contributed by atoms with E-state index in [2.05, 4.69) is 5.10 Å². The van der Waals surface area contributed by atoms with E-state index >= 15 is 0 Å². The molecule has 0 saturated carbocycles. The molecule has 1 rings (SSSR count). The van der Waals surface area contributed by atoms with Crippen molar-refractivity contribution in [1.82, 2.24) is 3.93 Å². The van der Waals surface area contributed by atoms with Crippen molar-refractivity contribution >= 4 is 29.9 Å². The predicted molar refractivity (Wildman–Crippen MR) is 28.7 cm³/mol. The highest BCUT2D eigenvalue weighted by Crippen LogP contribution is 2.24. The van der Waals surface area contributed by atoms with Crippen molar-refractivity contribution < 1.29 is 4.39 Å². The fraction of sp³-hybridized carbons (Fsp3) is 0.500. The lowest BCUT2D eigenvalue weighted by atomic mass is 10.8. The first-order valence-corrected chi connectivity index (χ1v) is 2.77. The molecule has 0 radical (unpaired) electrons. The molecule has 1 aliphatic rings. The van der Waals surface area contributed by atoms with Crippen LogP contribution in [-0.2, 0) is 0 Å². The van der Waals surface area contributed by atoms with Gasteiger partial charge >= 0.3 is 0 Å². The molecule has 40 valence electrons. The molecule has 0 saturated heterocycles. The predicted octanol–water partition coefficient (Wildman–Crippen LogP) is 1.39. The Morgan fingerprint density at radius 1 is 2.00 bits per heavy atom. The Kier molecular flexibility index (Phi) is 1.39. The molecule has 0 bridgehead atoms. The number of rotatable bonds is 0. The second-order valence-corrected chi connectivity index (χ2v) is 2.48. The maximum atomic E-state index is 11.9.